The Morgan fingerprint density at radius 1 is 0.964 bits per heavy atom. The van der Waals surface area contributed by atoms with E-state index >= 15 is 0 Å². The molecule has 0 aliphatic carbocycles. The smallest absolute Gasteiger partial charge is 0.219 e. The molecule has 0 spiro atoms. The predicted molar refractivity (Wildman–Crippen MR) is 105 cm³/mol. The maximum Gasteiger partial charge on any atom is 0.219 e. The van der Waals surface area contributed by atoms with Crippen molar-refractivity contribution in [3.63, 3.8) is 0 Å². The van der Waals surface area contributed by atoms with Gasteiger partial charge in [-0.05, 0) is 29.8 Å². The summed E-state index contributed by atoms with van der Waals surface area (Å²) in [5.41, 5.74) is 9.29. The zero-order valence-corrected chi connectivity index (χ0v) is 14.8. The number of hydrogen-bond acceptors (Lipinski definition) is 6. The molecular weight excluding hydrogens is 357 g/mol. The lowest BCUT2D eigenvalue weighted by molar-refractivity contribution is 0.284. The van der Waals surface area contributed by atoms with Crippen molar-refractivity contribution in [2.75, 3.05) is 12.3 Å². The Hall–Kier alpha value is -3.87. The van der Waals surface area contributed by atoms with E-state index in [1.165, 1.54) is 18.5 Å². The Labute approximate surface area is 160 Å². The molecule has 0 atom stereocenters. The second-order valence-corrected chi connectivity index (χ2v) is 6.01. The van der Waals surface area contributed by atoms with E-state index in [0.29, 0.717) is 34.7 Å². The quantitative estimate of drug-likeness (QED) is 0.649. The molecule has 0 saturated carbocycles. The molecule has 0 amide bonds. The van der Waals surface area contributed by atoms with Gasteiger partial charge in [-0.25, -0.2) is 14.4 Å². The summed E-state index contributed by atoms with van der Waals surface area (Å²) in [5.74, 6) is -0.234. The van der Waals surface area contributed by atoms with Crippen LogP contribution in [0, 0.1) is 5.82 Å². The highest BCUT2D eigenvalue weighted by Gasteiger charge is 2.11. The van der Waals surface area contributed by atoms with Crippen LogP contribution in [0.2, 0.25) is 0 Å². The highest BCUT2D eigenvalue weighted by molar-refractivity contribution is 5.78. The van der Waals surface area contributed by atoms with Crippen LogP contribution in [0.25, 0.3) is 22.3 Å². The summed E-state index contributed by atoms with van der Waals surface area (Å²) in [7, 11) is 0. The zero-order chi connectivity index (χ0) is 19.3. The van der Waals surface area contributed by atoms with E-state index in [9.17, 15) is 4.39 Å². The van der Waals surface area contributed by atoms with Gasteiger partial charge in [0, 0.05) is 29.1 Å². The van der Waals surface area contributed by atoms with Gasteiger partial charge in [0.25, 0.3) is 0 Å². The summed E-state index contributed by atoms with van der Waals surface area (Å²) in [5, 5.41) is 8.55. The number of nitrogen functional groups attached to an aromatic ring is 1. The highest BCUT2D eigenvalue weighted by atomic mass is 19.1. The molecule has 1 aliphatic rings. The van der Waals surface area contributed by atoms with Gasteiger partial charge in [-0.3, -0.25) is 0 Å². The Bertz CT molecular complexity index is 1090. The second-order valence-electron chi connectivity index (χ2n) is 6.01. The molecule has 2 aromatic carbocycles. The fourth-order valence-electron chi connectivity index (χ4n) is 2.76. The predicted octanol–water partition coefficient (Wildman–Crippen LogP) is 5.04. The van der Waals surface area contributed by atoms with E-state index in [4.69, 9.17) is 10.5 Å². The van der Waals surface area contributed by atoms with Crippen molar-refractivity contribution in [2.24, 2.45) is 10.2 Å². The summed E-state index contributed by atoms with van der Waals surface area (Å²) < 4.78 is 19.9. The second kappa shape index (κ2) is 7.79. The molecule has 2 N–H and O–H groups in total. The number of allylic oxidation sites excluding steroid dienone is 1. The van der Waals surface area contributed by atoms with E-state index in [2.05, 4.69) is 20.2 Å². The largest absolute Gasteiger partial charge is 0.497 e. The van der Waals surface area contributed by atoms with Gasteiger partial charge in [0.15, 0.2) is 0 Å². The molecule has 0 radical (unpaired) electrons. The maximum atomic E-state index is 14.8. The topological polar surface area (TPSA) is 85.8 Å². The van der Waals surface area contributed by atoms with Crippen molar-refractivity contribution in [3.05, 3.63) is 84.8 Å². The van der Waals surface area contributed by atoms with Gasteiger partial charge in [-0.2, -0.15) is 5.11 Å². The fraction of sp³-hybridized carbons (Fsp3) is 0.0476. The molecule has 1 aliphatic heterocycles. The number of anilines is 1. The summed E-state index contributed by atoms with van der Waals surface area (Å²) in [6.07, 6.45) is 8.14. The first-order chi connectivity index (χ1) is 13.7. The van der Waals surface area contributed by atoms with Crippen LogP contribution in [0.15, 0.2) is 89.2 Å². The van der Waals surface area contributed by atoms with Crippen molar-refractivity contribution in [1.82, 2.24) is 9.97 Å². The van der Waals surface area contributed by atoms with Crippen molar-refractivity contribution in [2.45, 2.75) is 0 Å². The van der Waals surface area contributed by atoms with Crippen LogP contribution in [0.3, 0.4) is 0 Å². The minimum absolute atomic E-state index is 0.148. The number of aromatic nitrogens is 2. The van der Waals surface area contributed by atoms with Crippen molar-refractivity contribution in [3.8, 4) is 22.3 Å². The molecule has 6 nitrogen and oxygen atoms in total. The molecule has 3 aromatic rings. The average molecular weight is 373 g/mol. The lowest BCUT2D eigenvalue weighted by Crippen LogP contribution is -1.95. The third-order valence-electron chi connectivity index (χ3n) is 4.16. The summed E-state index contributed by atoms with van der Waals surface area (Å²) in [6.45, 7) is 0.466. The van der Waals surface area contributed by atoms with Crippen LogP contribution in [-0.2, 0) is 4.74 Å². The van der Waals surface area contributed by atoms with E-state index in [-0.39, 0.29) is 11.8 Å². The van der Waals surface area contributed by atoms with E-state index in [1.807, 2.05) is 36.4 Å². The molecule has 138 valence electrons. The van der Waals surface area contributed by atoms with Gasteiger partial charge in [-0.15, -0.1) is 5.11 Å². The van der Waals surface area contributed by atoms with Gasteiger partial charge in [0.05, 0.1) is 17.6 Å². The lowest BCUT2D eigenvalue weighted by Gasteiger charge is -2.09. The van der Waals surface area contributed by atoms with E-state index < -0.39 is 0 Å². The molecule has 1 aromatic heterocycles. The van der Waals surface area contributed by atoms with Gasteiger partial charge >= 0.3 is 0 Å². The first-order valence-corrected chi connectivity index (χ1v) is 8.57. The number of nitrogens with zero attached hydrogens (tertiary/aromatic N) is 4. The molecule has 0 saturated heterocycles. The van der Waals surface area contributed by atoms with Crippen LogP contribution < -0.4 is 5.73 Å². The summed E-state index contributed by atoms with van der Waals surface area (Å²) in [4.78, 5) is 7.83. The van der Waals surface area contributed by atoms with Crippen LogP contribution >= 0.6 is 0 Å². The first-order valence-electron chi connectivity index (χ1n) is 8.57. The monoisotopic (exact) mass is 373 g/mol. The molecular formula is C21H16FN5O. The normalized spacial score (nSPS) is 13.4. The van der Waals surface area contributed by atoms with Crippen LogP contribution in [0.5, 0.6) is 0 Å². The number of halogens is 1. The molecule has 2 heterocycles. The lowest BCUT2D eigenvalue weighted by atomic mass is 10.00. The van der Waals surface area contributed by atoms with Gasteiger partial charge in [-0.1, -0.05) is 30.3 Å². The molecule has 0 fully saturated rings. The summed E-state index contributed by atoms with van der Waals surface area (Å²) in [6, 6.07) is 12.4. The van der Waals surface area contributed by atoms with Crippen molar-refractivity contribution < 1.29 is 9.13 Å². The minimum atomic E-state index is -0.382. The summed E-state index contributed by atoms with van der Waals surface area (Å²) >= 11 is 0. The first kappa shape index (κ1) is 17.5. The van der Waals surface area contributed by atoms with Crippen molar-refractivity contribution >= 4 is 11.6 Å². The van der Waals surface area contributed by atoms with Gasteiger partial charge in [0.2, 0.25) is 5.95 Å². The average Bonchev–Trinajstić information content (AvgIpc) is 2.74. The fourth-order valence-corrected chi connectivity index (χ4v) is 2.76. The number of rotatable bonds is 4. The number of azo groups is 1. The highest BCUT2D eigenvalue weighted by Crippen LogP contribution is 2.33. The van der Waals surface area contributed by atoms with Gasteiger partial charge < -0.3 is 10.5 Å². The third kappa shape index (κ3) is 3.78. The Morgan fingerprint density at radius 2 is 1.79 bits per heavy atom. The van der Waals surface area contributed by atoms with Crippen LogP contribution in [-0.4, -0.2) is 16.6 Å². The maximum absolute atomic E-state index is 14.8. The molecule has 0 bridgehead atoms. The van der Waals surface area contributed by atoms with Gasteiger partial charge in [0.1, 0.15) is 12.4 Å². The van der Waals surface area contributed by atoms with Crippen LogP contribution in [0.4, 0.5) is 16.0 Å². The minimum Gasteiger partial charge on any atom is -0.497 e. The zero-order valence-electron chi connectivity index (χ0n) is 14.8. The molecule has 28 heavy (non-hydrogen) atoms. The Morgan fingerprint density at radius 3 is 2.54 bits per heavy atom. The number of hydrogen-bond donors (Lipinski definition) is 1. The number of ether oxygens (including phenoxy) is 1. The van der Waals surface area contributed by atoms with Crippen molar-refractivity contribution in [1.29, 1.82) is 0 Å². The van der Waals surface area contributed by atoms with E-state index in [1.54, 1.807) is 18.4 Å². The molecule has 0 unspecified atom stereocenters. The standard InChI is InChI=1S/C21H16FN5O/c22-19-11-14(5-6-17(19)15-12-24-21(23)25-13-15)18-3-1-2-4-20(18)27-26-16-7-9-28-10-8-16/h1-9,11-13H,10H2,(H2,23,24,25). The molecule has 4 rings (SSSR count). The SMILES string of the molecule is Nc1ncc(-c2ccc(-c3ccccc3N=NC3=CCOC=C3)cc2F)cn1. The van der Waals surface area contributed by atoms with E-state index in [0.717, 1.165) is 5.56 Å². The Kier molecular flexibility index (Phi) is 4.88. The number of nitrogens with two attached hydrogens (primary N) is 1. The molecule has 7 heteroatoms. The van der Waals surface area contributed by atoms with Crippen LogP contribution in [0.1, 0.15) is 0 Å². The number of benzene rings is 2. The Balaban J connectivity index is 1.67. The third-order valence-corrected chi connectivity index (χ3v) is 4.16.